The van der Waals surface area contributed by atoms with Crippen LogP contribution in [0.3, 0.4) is 0 Å². The van der Waals surface area contributed by atoms with Crippen LogP contribution in [0.15, 0.2) is 42.5 Å². The summed E-state index contributed by atoms with van der Waals surface area (Å²) in [6, 6.07) is 14.7. The van der Waals surface area contributed by atoms with Crippen LogP contribution >= 0.6 is 0 Å². The summed E-state index contributed by atoms with van der Waals surface area (Å²) in [7, 11) is 0. The number of nitrogens with two attached hydrogens (primary N) is 1. The van der Waals surface area contributed by atoms with Crippen molar-refractivity contribution >= 4 is 5.69 Å². The molecule has 0 atom stereocenters. The van der Waals surface area contributed by atoms with Gasteiger partial charge in [-0.3, -0.25) is 4.98 Å². The summed E-state index contributed by atoms with van der Waals surface area (Å²) in [6.45, 7) is 2.04. The zero-order valence-electron chi connectivity index (χ0n) is 11.4. The molecule has 1 saturated carbocycles. The Balaban J connectivity index is 2.19. The number of anilines is 1. The summed E-state index contributed by atoms with van der Waals surface area (Å²) < 4.78 is 0. The minimum Gasteiger partial charge on any atom is -0.397 e. The first-order valence-corrected chi connectivity index (χ1v) is 7.01. The minimum atomic E-state index is 0.0252. The standard InChI is InChI=1S/C17H20N2/c1-13-9-10-15(18)16(19-13)17(11-5-6-12-17)14-7-3-2-4-8-14/h2-4,7-10H,5-6,11-12,18H2,1H3. The van der Waals surface area contributed by atoms with E-state index in [4.69, 9.17) is 10.7 Å². The SMILES string of the molecule is Cc1ccc(N)c(C2(c3ccccc3)CCCC2)n1. The van der Waals surface area contributed by atoms with Gasteiger partial charge < -0.3 is 5.73 Å². The van der Waals surface area contributed by atoms with E-state index in [2.05, 4.69) is 30.3 Å². The van der Waals surface area contributed by atoms with Gasteiger partial charge in [-0.1, -0.05) is 43.2 Å². The molecule has 0 aliphatic heterocycles. The second-order valence-electron chi connectivity index (χ2n) is 5.55. The number of rotatable bonds is 2. The van der Waals surface area contributed by atoms with Crippen LogP contribution < -0.4 is 5.73 Å². The fraction of sp³-hybridized carbons (Fsp3) is 0.353. The van der Waals surface area contributed by atoms with Gasteiger partial charge in [0.2, 0.25) is 0 Å². The van der Waals surface area contributed by atoms with Crippen molar-refractivity contribution in [3.63, 3.8) is 0 Å². The molecule has 0 spiro atoms. The number of hydrogen-bond acceptors (Lipinski definition) is 2. The summed E-state index contributed by atoms with van der Waals surface area (Å²) >= 11 is 0. The monoisotopic (exact) mass is 252 g/mol. The fourth-order valence-electron chi connectivity index (χ4n) is 3.35. The Morgan fingerprint density at radius 2 is 1.68 bits per heavy atom. The molecule has 1 aliphatic carbocycles. The lowest BCUT2D eigenvalue weighted by Crippen LogP contribution is -2.26. The quantitative estimate of drug-likeness (QED) is 0.882. The summed E-state index contributed by atoms with van der Waals surface area (Å²) in [5.74, 6) is 0. The predicted octanol–water partition coefficient (Wildman–Crippen LogP) is 3.83. The van der Waals surface area contributed by atoms with Crippen LogP contribution in [-0.2, 0) is 5.41 Å². The van der Waals surface area contributed by atoms with Gasteiger partial charge in [0.25, 0.3) is 0 Å². The molecule has 3 rings (SSSR count). The van der Waals surface area contributed by atoms with Gasteiger partial charge in [0.15, 0.2) is 0 Å². The maximum absolute atomic E-state index is 6.23. The highest BCUT2D eigenvalue weighted by molar-refractivity contribution is 5.52. The third-order valence-corrected chi connectivity index (χ3v) is 4.30. The molecule has 1 aromatic carbocycles. The van der Waals surface area contributed by atoms with E-state index < -0.39 is 0 Å². The maximum Gasteiger partial charge on any atom is 0.0741 e. The second-order valence-corrected chi connectivity index (χ2v) is 5.55. The van der Waals surface area contributed by atoms with Crippen LogP contribution in [0, 0.1) is 6.92 Å². The van der Waals surface area contributed by atoms with Crippen molar-refractivity contribution in [1.29, 1.82) is 0 Å². The highest BCUT2D eigenvalue weighted by atomic mass is 14.8. The number of benzene rings is 1. The van der Waals surface area contributed by atoms with E-state index >= 15 is 0 Å². The molecule has 1 heterocycles. The summed E-state index contributed by atoms with van der Waals surface area (Å²) in [4.78, 5) is 4.78. The molecule has 0 unspecified atom stereocenters. The minimum absolute atomic E-state index is 0.0252. The molecule has 19 heavy (non-hydrogen) atoms. The van der Waals surface area contributed by atoms with E-state index in [1.807, 2.05) is 19.1 Å². The largest absolute Gasteiger partial charge is 0.397 e. The second kappa shape index (κ2) is 4.69. The van der Waals surface area contributed by atoms with Crippen molar-refractivity contribution in [3.05, 3.63) is 59.4 Å². The molecule has 98 valence electrons. The van der Waals surface area contributed by atoms with E-state index in [1.165, 1.54) is 18.4 Å². The number of pyridine rings is 1. The molecular formula is C17H20N2. The molecular weight excluding hydrogens is 232 g/mol. The molecule has 1 aromatic heterocycles. The molecule has 0 radical (unpaired) electrons. The number of hydrogen-bond donors (Lipinski definition) is 1. The Bertz CT molecular complexity index is 569. The van der Waals surface area contributed by atoms with Gasteiger partial charge in [-0.2, -0.15) is 0 Å². The Hall–Kier alpha value is -1.83. The van der Waals surface area contributed by atoms with Crippen LogP contribution in [0.25, 0.3) is 0 Å². The highest BCUT2D eigenvalue weighted by Crippen LogP contribution is 2.47. The van der Waals surface area contributed by atoms with Crippen LogP contribution in [0.1, 0.15) is 42.6 Å². The molecule has 1 aliphatic rings. The molecule has 0 amide bonds. The first kappa shape index (κ1) is 12.2. The smallest absolute Gasteiger partial charge is 0.0741 e. The maximum atomic E-state index is 6.23. The lowest BCUT2D eigenvalue weighted by molar-refractivity contribution is 0.519. The van der Waals surface area contributed by atoms with Crippen molar-refractivity contribution in [2.75, 3.05) is 5.73 Å². The average molecular weight is 252 g/mol. The Morgan fingerprint density at radius 1 is 1.00 bits per heavy atom. The topological polar surface area (TPSA) is 38.9 Å². The average Bonchev–Trinajstić information content (AvgIpc) is 2.93. The third-order valence-electron chi connectivity index (χ3n) is 4.30. The van der Waals surface area contributed by atoms with Crippen molar-refractivity contribution in [3.8, 4) is 0 Å². The van der Waals surface area contributed by atoms with Crippen molar-refractivity contribution in [2.24, 2.45) is 0 Å². The van der Waals surface area contributed by atoms with E-state index in [-0.39, 0.29) is 5.41 Å². The Morgan fingerprint density at radius 3 is 2.37 bits per heavy atom. The molecule has 2 aromatic rings. The predicted molar refractivity (Wildman–Crippen MR) is 79.1 cm³/mol. The van der Waals surface area contributed by atoms with Gasteiger partial charge in [0.1, 0.15) is 0 Å². The lowest BCUT2D eigenvalue weighted by Gasteiger charge is -2.30. The fourth-order valence-corrected chi connectivity index (χ4v) is 3.35. The third kappa shape index (κ3) is 2.01. The summed E-state index contributed by atoms with van der Waals surface area (Å²) in [6.07, 6.45) is 4.81. The zero-order valence-corrected chi connectivity index (χ0v) is 11.4. The van der Waals surface area contributed by atoms with Crippen LogP contribution in [-0.4, -0.2) is 4.98 Å². The van der Waals surface area contributed by atoms with Crippen LogP contribution in [0.4, 0.5) is 5.69 Å². The van der Waals surface area contributed by atoms with Crippen molar-refractivity contribution < 1.29 is 0 Å². The van der Waals surface area contributed by atoms with Crippen LogP contribution in [0.2, 0.25) is 0 Å². The van der Waals surface area contributed by atoms with E-state index in [0.717, 1.165) is 29.9 Å². The van der Waals surface area contributed by atoms with E-state index in [0.29, 0.717) is 0 Å². The number of nitrogens with zero attached hydrogens (tertiary/aromatic N) is 1. The molecule has 2 N–H and O–H groups in total. The molecule has 1 fully saturated rings. The Labute approximate surface area is 114 Å². The van der Waals surface area contributed by atoms with Gasteiger partial charge in [0, 0.05) is 11.1 Å². The first-order valence-electron chi connectivity index (χ1n) is 7.01. The van der Waals surface area contributed by atoms with Gasteiger partial charge in [-0.05, 0) is 37.5 Å². The number of nitrogen functional groups attached to an aromatic ring is 1. The van der Waals surface area contributed by atoms with E-state index in [9.17, 15) is 0 Å². The molecule has 0 saturated heterocycles. The number of aryl methyl sites for hydroxylation is 1. The Kier molecular flexibility index (Phi) is 3.02. The number of aromatic nitrogens is 1. The molecule has 2 heteroatoms. The van der Waals surface area contributed by atoms with Gasteiger partial charge in [0.05, 0.1) is 11.4 Å². The summed E-state index contributed by atoms with van der Waals surface area (Å²) in [5.41, 5.74) is 10.6. The van der Waals surface area contributed by atoms with Gasteiger partial charge >= 0.3 is 0 Å². The van der Waals surface area contributed by atoms with Gasteiger partial charge in [-0.25, -0.2) is 0 Å². The summed E-state index contributed by atoms with van der Waals surface area (Å²) in [5, 5.41) is 0. The van der Waals surface area contributed by atoms with Crippen molar-refractivity contribution in [2.45, 2.75) is 38.0 Å². The van der Waals surface area contributed by atoms with E-state index in [1.54, 1.807) is 0 Å². The lowest BCUT2D eigenvalue weighted by atomic mass is 9.75. The first-order chi connectivity index (χ1) is 9.22. The van der Waals surface area contributed by atoms with Gasteiger partial charge in [-0.15, -0.1) is 0 Å². The normalized spacial score (nSPS) is 17.5. The highest BCUT2D eigenvalue weighted by Gasteiger charge is 2.39. The van der Waals surface area contributed by atoms with Crippen molar-refractivity contribution in [1.82, 2.24) is 4.98 Å². The zero-order chi connectivity index (χ0) is 13.3. The molecule has 2 nitrogen and oxygen atoms in total. The molecule has 0 bridgehead atoms. The van der Waals surface area contributed by atoms with Crippen LogP contribution in [0.5, 0.6) is 0 Å².